The normalized spacial score (nSPS) is 23.4. The summed E-state index contributed by atoms with van der Waals surface area (Å²) in [6.07, 6.45) is 5.27. The monoisotopic (exact) mass is 240 g/mol. The van der Waals surface area contributed by atoms with E-state index in [1.165, 1.54) is 25.7 Å². The second-order valence-corrected chi connectivity index (χ2v) is 5.39. The van der Waals surface area contributed by atoms with Gasteiger partial charge in [0.2, 0.25) is 0 Å². The van der Waals surface area contributed by atoms with Crippen molar-refractivity contribution in [2.45, 2.75) is 51.7 Å². The van der Waals surface area contributed by atoms with E-state index in [9.17, 15) is 4.79 Å². The van der Waals surface area contributed by atoms with Crippen LogP contribution in [0.1, 0.15) is 39.5 Å². The molecule has 98 valence electrons. The lowest BCUT2D eigenvalue weighted by molar-refractivity contribution is 0.0486. The summed E-state index contributed by atoms with van der Waals surface area (Å²) >= 11 is 0. The number of hydrogen-bond donors (Lipinski definition) is 0. The van der Waals surface area contributed by atoms with Crippen molar-refractivity contribution < 1.29 is 9.53 Å². The first kappa shape index (κ1) is 12.7. The second kappa shape index (κ2) is 5.71. The average molecular weight is 240 g/mol. The van der Waals surface area contributed by atoms with Crippen molar-refractivity contribution in [1.82, 2.24) is 9.80 Å². The largest absolute Gasteiger partial charge is 0.447 e. The first-order valence-corrected chi connectivity index (χ1v) is 6.86. The van der Waals surface area contributed by atoms with Gasteiger partial charge in [-0.1, -0.05) is 12.8 Å². The molecule has 0 radical (unpaired) electrons. The minimum atomic E-state index is -0.147. The molecule has 17 heavy (non-hydrogen) atoms. The molecule has 0 bridgehead atoms. The van der Waals surface area contributed by atoms with Gasteiger partial charge in [0.25, 0.3) is 0 Å². The molecule has 1 saturated heterocycles. The maximum atomic E-state index is 11.7. The van der Waals surface area contributed by atoms with E-state index >= 15 is 0 Å². The highest BCUT2D eigenvalue weighted by Crippen LogP contribution is 2.24. The molecule has 2 aliphatic rings. The Labute approximate surface area is 104 Å². The summed E-state index contributed by atoms with van der Waals surface area (Å²) in [6.45, 7) is 7.46. The molecule has 1 aliphatic carbocycles. The van der Waals surface area contributed by atoms with E-state index in [1.807, 2.05) is 18.7 Å². The predicted octanol–water partition coefficient (Wildman–Crippen LogP) is 2.09. The van der Waals surface area contributed by atoms with Crippen LogP contribution in [0.5, 0.6) is 0 Å². The molecule has 1 saturated carbocycles. The van der Waals surface area contributed by atoms with Crippen LogP contribution in [0, 0.1) is 0 Å². The molecule has 0 aromatic rings. The molecular formula is C13H24N2O2. The Morgan fingerprint density at radius 1 is 1.12 bits per heavy atom. The van der Waals surface area contributed by atoms with Gasteiger partial charge in [-0.3, -0.25) is 4.90 Å². The zero-order valence-electron chi connectivity index (χ0n) is 11.0. The van der Waals surface area contributed by atoms with Crippen molar-refractivity contribution in [2.24, 2.45) is 0 Å². The molecule has 0 aromatic carbocycles. The lowest BCUT2D eigenvalue weighted by atomic mass is 10.2. The molecule has 0 spiro atoms. The minimum absolute atomic E-state index is 0.0182. The lowest BCUT2D eigenvalue weighted by Crippen LogP contribution is -2.51. The number of piperazine rings is 1. The van der Waals surface area contributed by atoms with Crippen LogP contribution in [-0.4, -0.2) is 54.2 Å². The van der Waals surface area contributed by atoms with Gasteiger partial charge in [0.1, 0.15) is 0 Å². The summed E-state index contributed by atoms with van der Waals surface area (Å²) < 4.78 is 5.22. The van der Waals surface area contributed by atoms with Crippen molar-refractivity contribution in [3.8, 4) is 0 Å². The molecule has 0 aromatic heterocycles. The van der Waals surface area contributed by atoms with E-state index in [0.717, 1.165) is 32.2 Å². The van der Waals surface area contributed by atoms with Gasteiger partial charge in [-0.25, -0.2) is 4.79 Å². The fourth-order valence-corrected chi connectivity index (χ4v) is 2.82. The third-order valence-corrected chi connectivity index (χ3v) is 3.75. The van der Waals surface area contributed by atoms with Crippen LogP contribution in [0.2, 0.25) is 0 Å². The van der Waals surface area contributed by atoms with Gasteiger partial charge in [0.15, 0.2) is 0 Å². The topological polar surface area (TPSA) is 32.8 Å². The van der Waals surface area contributed by atoms with Crippen molar-refractivity contribution in [3.63, 3.8) is 0 Å². The Hall–Kier alpha value is -0.770. The SMILES string of the molecule is CC(C)OC(=O)N1CCN(C2CCCC2)CC1. The Bertz CT molecular complexity index is 254. The molecule has 0 N–H and O–H groups in total. The van der Waals surface area contributed by atoms with Crippen LogP contribution in [0.3, 0.4) is 0 Å². The van der Waals surface area contributed by atoms with E-state index in [0.29, 0.717) is 0 Å². The smallest absolute Gasteiger partial charge is 0.410 e. The van der Waals surface area contributed by atoms with E-state index < -0.39 is 0 Å². The molecule has 2 fully saturated rings. The van der Waals surface area contributed by atoms with Crippen molar-refractivity contribution >= 4 is 6.09 Å². The van der Waals surface area contributed by atoms with E-state index in [4.69, 9.17) is 4.74 Å². The number of carbonyl (C=O) groups is 1. The Morgan fingerprint density at radius 2 is 1.71 bits per heavy atom. The summed E-state index contributed by atoms with van der Waals surface area (Å²) in [5, 5.41) is 0. The van der Waals surface area contributed by atoms with Crippen LogP contribution < -0.4 is 0 Å². The molecule has 0 atom stereocenters. The standard InChI is InChI=1S/C13H24N2O2/c1-11(2)17-13(16)15-9-7-14(8-10-15)12-5-3-4-6-12/h11-12H,3-10H2,1-2H3. The molecule has 1 heterocycles. The maximum Gasteiger partial charge on any atom is 0.410 e. The molecule has 0 unspecified atom stereocenters. The number of ether oxygens (including phenoxy) is 1. The third kappa shape index (κ3) is 3.35. The van der Waals surface area contributed by atoms with Gasteiger partial charge in [-0.2, -0.15) is 0 Å². The number of rotatable bonds is 2. The van der Waals surface area contributed by atoms with Gasteiger partial charge in [0, 0.05) is 32.2 Å². The molecular weight excluding hydrogens is 216 g/mol. The molecule has 2 rings (SSSR count). The Morgan fingerprint density at radius 3 is 2.24 bits per heavy atom. The molecule has 1 aliphatic heterocycles. The second-order valence-electron chi connectivity index (χ2n) is 5.39. The quantitative estimate of drug-likeness (QED) is 0.741. The first-order chi connectivity index (χ1) is 8.16. The first-order valence-electron chi connectivity index (χ1n) is 6.86. The van der Waals surface area contributed by atoms with E-state index in [2.05, 4.69) is 4.90 Å². The number of hydrogen-bond acceptors (Lipinski definition) is 3. The fraction of sp³-hybridized carbons (Fsp3) is 0.923. The van der Waals surface area contributed by atoms with Gasteiger partial charge < -0.3 is 9.64 Å². The minimum Gasteiger partial charge on any atom is -0.447 e. The highest BCUT2D eigenvalue weighted by atomic mass is 16.6. The van der Waals surface area contributed by atoms with Gasteiger partial charge in [0.05, 0.1) is 6.10 Å². The summed E-state index contributed by atoms with van der Waals surface area (Å²) in [6, 6.07) is 0.776. The van der Waals surface area contributed by atoms with E-state index in [-0.39, 0.29) is 12.2 Å². The molecule has 1 amide bonds. The highest BCUT2D eigenvalue weighted by molar-refractivity contribution is 5.67. The fourth-order valence-electron chi connectivity index (χ4n) is 2.82. The van der Waals surface area contributed by atoms with Crippen molar-refractivity contribution in [2.75, 3.05) is 26.2 Å². The lowest BCUT2D eigenvalue weighted by Gasteiger charge is -2.37. The molecule has 4 nitrogen and oxygen atoms in total. The van der Waals surface area contributed by atoms with Crippen LogP contribution in [0.4, 0.5) is 4.79 Å². The number of nitrogens with zero attached hydrogens (tertiary/aromatic N) is 2. The highest BCUT2D eigenvalue weighted by Gasteiger charge is 2.28. The van der Waals surface area contributed by atoms with Crippen LogP contribution in [0.15, 0.2) is 0 Å². The zero-order chi connectivity index (χ0) is 12.3. The van der Waals surface area contributed by atoms with Gasteiger partial charge in [-0.15, -0.1) is 0 Å². The maximum absolute atomic E-state index is 11.7. The van der Waals surface area contributed by atoms with Crippen molar-refractivity contribution in [1.29, 1.82) is 0 Å². The predicted molar refractivity (Wildman–Crippen MR) is 67.0 cm³/mol. The summed E-state index contributed by atoms with van der Waals surface area (Å²) in [5.41, 5.74) is 0. The number of amides is 1. The summed E-state index contributed by atoms with van der Waals surface area (Å²) in [4.78, 5) is 16.1. The van der Waals surface area contributed by atoms with Gasteiger partial charge in [-0.05, 0) is 26.7 Å². The molecule has 4 heteroatoms. The summed E-state index contributed by atoms with van der Waals surface area (Å²) in [5.74, 6) is 0. The van der Waals surface area contributed by atoms with Crippen LogP contribution in [0.25, 0.3) is 0 Å². The van der Waals surface area contributed by atoms with Crippen LogP contribution in [-0.2, 0) is 4.74 Å². The van der Waals surface area contributed by atoms with Crippen LogP contribution >= 0.6 is 0 Å². The third-order valence-electron chi connectivity index (χ3n) is 3.75. The summed E-state index contributed by atoms with van der Waals surface area (Å²) in [7, 11) is 0. The van der Waals surface area contributed by atoms with Gasteiger partial charge >= 0.3 is 6.09 Å². The number of carbonyl (C=O) groups excluding carboxylic acids is 1. The zero-order valence-corrected chi connectivity index (χ0v) is 11.0. The average Bonchev–Trinajstić information content (AvgIpc) is 2.82. The van der Waals surface area contributed by atoms with Crippen molar-refractivity contribution in [3.05, 3.63) is 0 Å². The Kier molecular flexibility index (Phi) is 4.26. The Balaban J connectivity index is 1.75. The van der Waals surface area contributed by atoms with E-state index in [1.54, 1.807) is 0 Å².